The van der Waals surface area contributed by atoms with Crippen LogP contribution in [0.2, 0.25) is 0 Å². The Balaban J connectivity index is 2.05. The monoisotopic (exact) mass is 332 g/mol. The Morgan fingerprint density at radius 2 is 2.04 bits per heavy atom. The number of alkyl halides is 3. The van der Waals surface area contributed by atoms with Crippen molar-refractivity contribution in [2.24, 2.45) is 0 Å². The van der Waals surface area contributed by atoms with E-state index in [0.29, 0.717) is 18.4 Å². The summed E-state index contributed by atoms with van der Waals surface area (Å²) >= 11 is 0. The lowest BCUT2D eigenvalue weighted by atomic mass is 10.1. The lowest BCUT2D eigenvalue weighted by Gasteiger charge is -2.31. The number of piperazine rings is 1. The lowest BCUT2D eigenvalue weighted by molar-refractivity contribution is -0.153. The molecular weight excluding hydrogens is 309 g/mol. The summed E-state index contributed by atoms with van der Waals surface area (Å²) in [5.74, 6) is 0.485. The zero-order valence-corrected chi connectivity index (χ0v) is 13.4. The number of halogens is 3. The molecule has 0 aromatic heterocycles. The van der Waals surface area contributed by atoms with E-state index < -0.39 is 12.8 Å². The minimum absolute atomic E-state index is 0.126. The van der Waals surface area contributed by atoms with Crippen molar-refractivity contribution in [1.29, 1.82) is 0 Å². The number of benzene rings is 1. The molecule has 7 heteroatoms. The Morgan fingerprint density at radius 3 is 2.70 bits per heavy atom. The summed E-state index contributed by atoms with van der Waals surface area (Å²) in [6.07, 6.45) is -4.36. The minimum Gasteiger partial charge on any atom is -0.490 e. The lowest BCUT2D eigenvalue weighted by Crippen LogP contribution is -2.48. The number of hydrogen-bond donors (Lipinski definition) is 1. The first kappa shape index (κ1) is 17.9. The van der Waals surface area contributed by atoms with Gasteiger partial charge in [-0.1, -0.05) is 6.07 Å². The first-order valence-corrected chi connectivity index (χ1v) is 7.78. The summed E-state index contributed by atoms with van der Waals surface area (Å²) in [4.78, 5) is 2.31. The maximum atomic E-state index is 12.3. The molecular formula is C16H23F3N2O2. The Hall–Kier alpha value is -1.47. The largest absolute Gasteiger partial charge is 0.490 e. The van der Waals surface area contributed by atoms with Crippen molar-refractivity contribution < 1.29 is 22.6 Å². The highest BCUT2D eigenvalue weighted by atomic mass is 19.4. The van der Waals surface area contributed by atoms with Gasteiger partial charge >= 0.3 is 6.18 Å². The summed E-state index contributed by atoms with van der Waals surface area (Å²) in [5.41, 5.74) is 1.00. The van der Waals surface area contributed by atoms with Crippen molar-refractivity contribution in [1.82, 2.24) is 10.2 Å². The van der Waals surface area contributed by atoms with E-state index in [1.54, 1.807) is 25.1 Å². The van der Waals surface area contributed by atoms with Gasteiger partial charge < -0.3 is 14.8 Å². The number of nitrogens with zero attached hydrogens (tertiary/aromatic N) is 1. The predicted molar refractivity (Wildman–Crippen MR) is 81.9 cm³/mol. The van der Waals surface area contributed by atoms with Gasteiger partial charge in [-0.05, 0) is 31.5 Å². The molecule has 0 saturated carbocycles. The summed E-state index contributed by atoms with van der Waals surface area (Å²) in [6, 6.07) is 5.55. The zero-order chi connectivity index (χ0) is 16.9. The van der Waals surface area contributed by atoms with Crippen LogP contribution in [0.4, 0.5) is 13.2 Å². The van der Waals surface area contributed by atoms with Gasteiger partial charge in [-0.15, -0.1) is 0 Å². The molecule has 1 aromatic rings. The second kappa shape index (κ2) is 7.88. The molecule has 1 aliphatic rings. The van der Waals surface area contributed by atoms with Crippen LogP contribution >= 0.6 is 0 Å². The van der Waals surface area contributed by atoms with Gasteiger partial charge in [-0.25, -0.2) is 0 Å². The van der Waals surface area contributed by atoms with Crippen LogP contribution in [0, 0.1) is 0 Å². The first-order valence-electron chi connectivity index (χ1n) is 7.78. The fraction of sp³-hybridized carbons (Fsp3) is 0.625. The second-order valence-corrected chi connectivity index (χ2v) is 5.71. The van der Waals surface area contributed by atoms with E-state index in [-0.39, 0.29) is 5.75 Å². The third-order valence-electron chi connectivity index (χ3n) is 3.56. The van der Waals surface area contributed by atoms with Crippen molar-refractivity contribution in [2.75, 3.05) is 32.8 Å². The number of ether oxygens (including phenoxy) is 2. The molecule has 4 nitrogen and oxygen atoms in total. The van der Waals surface area contributed by atoms with Crippen LogP contribution in [0.3, 0.4) is 0 Å². The average Bonchev–Trinajstić information content (AvgIpc) is 2.46. The van der Waals surface area contributed by atoms with Crippen molar-refractivity contribution in [3.05, 3.63) is 23.8 Å². The van der Waals surface area contributed by atoms with E-state index >= 15 is 0 Å². The predicted octanol–water partition coefficient (Wildman–Crippen LogP) is 2.82. The van der Waals surface area contributed by atoms with Gasteiger partial charge in [0.15, 0.2) is 18.1 Å². The van der Waals surface area contributed by atoms with Crippen LogP contribution in [-0.2, 0) is 6.54 Å². The standard InChI is InChI=1S/C16H23F3N2O2/c1-3-22-15-8-13(10-21-7-6-20-12(2)9-21)4-5-14(15)23-11-16(17,18)19/h4-5,8,12,20H,3,6-7,9-11H2,1-2H3/t12-/m0/s1. The molecule has 2 rings (SSSR count). The molecule has 1 atom stereocenters. The molecule has 23 heavy (non-hydrogen) atoms. The molecule has 0 radical (unpaired) electrons. The highest BCUT2D eigenvalue weighted by Crippen LogP contribution is 2.30. The van der Waals surface area contributed by atoms with E-state index in [2.05, 4.69) is 17.1 Å². The molecule has 1 saturated heterocycles. The van der Waals surface area contributed by atoms with Crippen molar-refractivity contribution in [2.45, 2.75) is 32.6 Å². The van der Waals surface area contributed by atoms with Gasteiger partial charge in [0, 0.05) is 32.2 Å². The van der Waals surface area contributed by atoms with Crippen LogP contribution < -0.4 is 14.8 Å². The quantitative estimate of drug-likeness (QED) is 0.869. The number of rotatable bonds is 6. The summed E-state index contributed by atoms with van der Waals surface area (Å²) in [5, 5.41) is 3.38. The van der Waals surface area contributed by atoms with E-state index in [4.69, 9.17) is 9.47 Å². The van der Waals surface area contributed by atoms with Gasteiger partial charge in [0.05, 0.1) is 6.61 Å². The van der Waals surface area contributed by atoms with Gasteiger partial charge in [-0.2, -0.15) is 13.2 Å². The summed E-state index contributed by atoms with van der Waals surface area (Å²) in [7, 11) is 0. The van der Waals surface area contributed by atoms with Crippen LogP contribution in [0.15, 0.2) is 18.2 Å². The third-order valence-corrected chi connectivity index (χ3v) is 3.56. The molecule has 0 amide bonds. The average molecular weight is 332 g/mol. The maximum absolute atomic E-state index is 12.3. The third kappa shape index (κ3) is 5.91. The highest BCUT2D eigenvalue weighted by Gasteiger charge is 2.29. The Kier molecular flexibility index (Phi) is 6.12. The Bertz CT molecular complexity index is 509. The van der Waals surface area contributed by atoms with Gasteiger partial charge in [0.1, 0.15) is 0 Å². The van der Waals surface area contributed by atoms with Gasteiger partial charge in [0.25, 0.3) is 0 Å². The van der Waals surface area contributed by atoms with E-state index in [1.807, 2.05) is 0 Å². The van der Waals surface area contributed by atoms with Crippen LogP contribution in [-0.4, -0.2) is 50.0 Å². The molecule has 130 valence electrons. The molecule has 1 aromatic carbocycles. The Labute approximate surface area is 134 Å². The minimum atomic E-state index is -4.36. The zero-order valence-electron chi connectivity index (χ0n) is 13.4. The molecule has 1 N–H and O–H groups in total. The van der Waals surface area contributed by atoms with E-state index in [0.717, 1.165) is 31.7 Å². The molecule has 0 aliphatic carbocycles. The summed E-state index contributed by atoms with van der Waals surface area (Å²) in [6.45, 7) is 6.54. The smallest absolute Gasteiger partial charge is 0.422 e. The molecule has 0 bridgehead atoms. The SMILES string of the molecule is CCOc1cc(CN2CCN[C@@H](C)C2)ccc1OCC(F)(F)F. The van der Waals surface area contributed by atoms with Crippen molar-refractivity contribution >= 4 is 0 Å². The normalized spacial score (nSPS) is 19.6. The molecule has 0 unspecified atom stereocenters. The van der Waals surface area contributed by atoms with Crippen LogP contribution in [0.1, 0.15) is 19.4 Å². The Morgan fingerprint density at radius 1 is 1.26 bits per heavy atom. The van der Waals surface area contributed by atoms with Crippen LogP contribution in [0.25, 0.3) is 0 Å². The van der Waals surface area contributed by atoms with Crippen LogP contribution in [0.5, 0.6) is 11.5 Å². The number of nitrogens with one attached hydrogen (secondary N) is 1. The fourth-order valence-corrected chi connectivity index (χ4v) is 2.61. The van der Waals surface area contributed by atoms with E-state index in [9.17, 15) is 13.2 Å². The second-order valence-electron chi connectivity index (χ2n) is 5.71. The van der Waals surface area contributed by atoms with Crippen molar-refractivity contribution in [3.63, 3.8) is 0 Å². The van der Waals surface area contributed by atoms with E-state index in [1.165, 1.54) is 0 Å². The molecule has 0 spiro atoms. The van der Waals surface area contributed by atoms with Crippen molar-refractivity contribution in [3.8, 4) is 11.5 Å². The highest BCUT2D eigenvalue weighted by molar-refractivity contribution is 5.43. The first-order chi connectivity index (χ1) is 10.9. The molecule has 1 fully saturated rings. The summed E-state index contributed by atoms with van der Waals surface area (Å²) < 4.78 is 47.2. The number of hydrogen-bond acceptors (Lipinski definition) is 4. The maximum Gasteiger partial charge on any atom is 0.422 e. The molecule has 1 heterocycles. The van der Waals surface area contributed by atoms with Gasteiger partial charge in [-0.3, -0.25) is 4.90 Å². The topological polar surface area (TPSA) is 33.7 Å². The van der Waals surface area contributed by atoms with Gasteiger partial charge in [0.2, 0.25) is 0 Å². The molecule has 1 aliphatic heterocycles. The fourth-order valence-electron chi connectivity index (χ4n) is 2.61.